The highest BCUT2D eigenvalue weighted by Crippen LogP contribution is 2.05. The van der Waals surface area contributed by atoms with E-state index < -0.39 is 40.6 Å². The average Bonchev–Trinajstić information content (AvgIpc) is 2.45. The number of carbonyl (C=O) groups is 2. The van der Waals surface area contributed by atoms with Crippen molar-refractivity contribution in [2.75, 3.05) is 6.61 Å². The number of nitrogens with one attached hydrogen (secondary N) is 2. The molecule has 2 atom stereocenters. The summed E-state index contributed by atoms with van der Waals surface area (Å²) in [5.74, 6) is -2.53. The molecule has 0 unspecified atom stereocenters. The third-order valence-electron chi connectivity index (χ3n) is 2.75. The lowest BCUT2D eigenvalue weighted by Gasteiger charge is -2.18. The molecule has 0 saturated carbocycles. The molecule has 1 aromatic carbocycles. The Hall–Kier alpha value is -1.97. The number of aliphatic hydroxyl groups excluding tert-OH is 1. The Kier molecular flexibility index (Phi) is 6.47. The molecule has 0 aliphatic rings. The lowest BCUT2D eigenvalue weighted by Crippen LogP contribution is -2.52. The zero-order chi connectivity index (χ0) is 16.8. The van der Waals surface area contributed by atoms with E-state index in [9.17, 15) is 18.0 Å². The number of aliphatic carboxylic acids is 1. The normalized spacial score (nSPS) is 14.1. The van der Waals surface area contributed by atoms with Crippen molar-refractivity contribution in [1.82, 2.24) is 10.0 Å². The lowest BCUT2D eigenvalue weighted by atomic mass is 10.2. The SMILES string of the molecule is C[C@H](NC(=O)[C@H](CO)NS(=O)(=O)Cc1ccccc1)C(=O)O. The van der Waals surface area contributed by atoms with E-state index in [1.54, 1.807) is 30.3 Å². The van der Waals surface area contributed by atoms with E-state index in [2.05, 4.69) is 10.0 Å². The second-order valence-electron chi connectivity index (χ2n) is 4.67. The van der Waals surface area contributed by atoms with Crippen molar-refractivity contribution in [2.24, 2.45) is 0 Å². The van der Waals surface area contributed by atoms with Crippen molar-refractivity contribution in [3.63, 3.8) is 0 Å². The predicted octanol–water partition coefficient (Wildman–Crippen LogP) is -0.944. The van der Waals surface area contributed by atoms with Crippen LogP contribution in [0.1, 0.15) is 12.5 Å². The van der Waals surface area contributed by atoms with Gasteiger partial charge in [0.1, 0.15) is 12.1 Å². The summed E-state index contributed by atoms with van der Waals surface area (Å²) in [7, 11) is -3.87. The summed E-state index contributed by atoms with van der Waals surface area (Å²) < 4.78 is 26.0. The minimum absolute atomic E-state index is 0.355. The van der Waals surface area contributed by atoms with Crippen LogP contribution in [-0.2, 0) is 25.4 Å². The molecule has 0 saturated heterocycles. The zero-order valence-electron chi connectivity index (χ0n) is 11.9. The molecular weight excluding hydrogens is 312 g/mol. The number of hydrogen-bond donors (Lipinski definition) is 4. The average molecular weight is 330 g/mol. The van der Waals surface area contributed by atoms with Crippen LogP contribution in [0.4, 0.5) is 0 Å². The van der Waals surface area contributed by atoms with E-state index in [0.29, 0.717) is 5.56 Å². The maximum Gasteiger partial charge on any atom is 0.325 e. The molecule has 1 rings (SSSR count). The molecule has 0 fully saturated rings. The second kappa shape index (κ2) is 7.87. The van der Waals surface area contributed by atoms with E-state index in [-0.39, 0.29) is 5.75 Å². The smallest absolute Gasteiger partial charge is 0.325 e. The van der Waals surface area contributed by atoms with Crippen molar-refractivity contribution < 1.29 is 28.2 Å². The molecule has 0 aliphatic heterocycles. The number of benzene rings is 1. The van der Waals surface area contributed by atoms with Crippen molar-refractivity contribution in [1.29, 1.82) is 0 Å². The van der Waals surface area contributed by atoms with E-state index in [1.807, 2.05) is 0 Å². The maximum absolute atomic E-state index is 12.0. The van der Waals surface area contributed by atoms with Gasteiger partial charge in [0, 0.05) is 0 Å². The summed E-state index contributed by atoms with van der Waals surface area (Å²) in [4.78, 5) is 22.4. The fourth-order valence-corrected chi connectivity index (χ4v) is 2.93. The van der Waals surface area contributed by atoms with E-state index in [4.69, 9.17) is 10.2 Å². The van der Waals surface area contributed by atoms with E-state index in [0.717, 1.165) is 0 Å². The van der Waals surface area contributed by atoms with Crippen molar-refractivity contribution in [3.05, 3.63) is 35.9 Å². The Morgan fingerprint density at radius 3 is 2.32 bits per heavy atom. The van der Waals surface area contributed by atoms with Crippen LogP contribution in [-0.4, -0.2) is 49.2 Å². The van der Waals surface area contributed by atoms with Crippen molar-refractivity contribution >= 4 is 21.9 Å². The molecule has 0 aliphatic carbocycles. The molecule has 1 amide bonds. The highest BCUT2D eigenvalue weighted by atomic mass is 32.2. The van der Waals surface area contributed by atoms with Crippen molar-refractivity contribution in [2.45, 2.75) is 24.8 Å². The van der Waals surface area contributed by atoms with Gasteiger partial charge in [-0.2, -0.15) is 0 Å². The quantitative estimate of drug-likeness (QED) is 0.486. The van der Waals surface area contributed by atoms with Gasteiger partial charge in [0.2, 0.25) is 15.9 Å². The van der Waals surface area contributed by atoms with Crippen LogP contribution in [0.25, 0.3) is 0 Å². The summed E-state index contributed by atoms with van der Waals surface area (Å²) in [5, 5.41) is 19.9. The van der Waals surface area contributed by atoms with Crippen LogP contribution in [0, 0.1) is 0 Å². The number of carbonyl (C=O) groups excluding carboxylic acids is 1. The molecule has 0 heterocycles. The topological polar surface area (TPSA) is 133 Å². The Morgan fingerprint density at radius 1 is 1.23 bits per heavy atom. The second-order valence-corrected chi connectivity index (χ2v) is 6.42. The minimum atomic E-state index is -3.87. The maximum atomic E-state index is 12.0. The minimum Gasteiger partial charge on any atom is -0.480 e. The molecule has 0 radical (unpaired) electrons. The van der Waals surface area contributed by atoms with Gasteiger partial charge < -0.3 is 15.5 Å². The number of hydrogen-bond acceptors (Lipinski definition) is 5. The van der Waals surface area contributed by atoms with Crippen LogP contribution >= 0.6 is 0 Å². The third-order valence-corrected chi connectivity index (χ3v) is 4.11. The number of carboxylic acids is 1. The fraction of sp³-hybridized carbons (Fsp3) is 0.385. The number of sulfonamides is 1. The molecule has 4 N–H and O–H groups in total. The standard InChI is InChI=1S/C13H18N2O6S/c1-9(13(18)19)14-12(17)11(7-16)15-22(20,21)8-10-5-3-2-4-6-10/h2-6,9,11,15-16H,7-8H2,1H3,(H,14,17)(H,18,19)/t9-,11-/m0/s1. The third kappa shape index (κ3) is 5.80. The number of amides is 1. The van der Waals surface area contributed by atoms with Crippen LogP contribution in [0.15, 0.2) is 30.3 Å². The zero-order valence-corrected chi connectivity index (χ0v) is 12.7. The number of carboxylic acid groups (broad SMARTS) is 1. The Balaban J connectivity index is 2.72. The molecule has 0 aromatic heterocycles. The number of aliphatic hydroxyl groups is 1. The Morgan fingerprint density at radius 2 is 1.82 bits per heavy atom. The van der Waals surface area contributed by atoms with E-state index >= 15 is 0 Å². The summed E-state index contributed by atoms with van der Waals surface area (Å²) in [5.41, 5.74) is 0.519. The predicted molar refractivity (Wildman–Crippen MR) is 78.3 cm³/mol. The van der Waals surface area contributed by atoms with Crippen LogP contribution in [0.5, 0.6) is 0 Å². The monoisotopic (exact) mass is 330 g/mol. The van der Waals surface area contributed by atoms with Gasteiger partial charge in [0.25, 0.3) is 0 Å². The molecule has 22 heavy (non-hydrogen) atoms. The molecular formula is C13H18N2O6S. The van der Waals surface area contributed by atoms with Gasteiger partial charge in [0.05, 0.1) is 12.4 Å². The Labute approximate surface area is 128 Å². The van der Waals surface area contributed by atoms with Gasteiger partial charge in [0.15, 0.2) is 0 Å². The van der Waals surface area contributed by atoms with Gasteiger partial charge in [-0.1, -0.05) is 30.3 Å². The highest BCUT2D eigenvalue weighted by Gasteiger charge is 2.26. The van der Waals surface area contributed by atoms with Crippen LogP contribution < -0.4 is 10.0 Å². The first-order chi connectivity index (χ1) is 10.2. The molecule has 0 bridgehead atoms. The molecule has 8 nitrogen and oxygen atoms in total. The summed E-state index contributed by atoms with van der Waals surface area (Å²) in [6.45, 7) is 0.444. The number of rotatable bonds is 8. The van der Waals surface area contributed by atoms with Gasteiger partial charge in [-0.15, -0.1) is 0 Å². The largest absolute Gasteiger partial charge is 0.480 e. The summed E-state index contributed by atoms with van der Waals surface area (Å²) >= 11 is 0. The first-order valence-electron chi connectivity index (χ1n) is 6.43. The summed E-state index contributed by atoms with van der Waals surface area (Å²) in [6, 6.07) is 5.67. The summed E-state index contributed by atoms with van der Waals surface area (Å²) in [6.07, 6.45) is 0. The first-order valence-corrected chi connectivity index (χ1v) is 8.08. The van der Waals surface area contributed by atoms with Crippen molar-refractivity contribution in [3.8, 4) is 0 Å². The van der Waals surface area contributed by atoms with Gasteiger partial charge in [-0.25, -0.2) is 13.1 Å². The fourth-order valence-electron chi connectivity index (χ4n) is 1.60. The molecule has 0 spiro atoms. The highest BCUT2D eigenvalue weighted by molar-refractivity contribution is 7.88. The molecule has 1 aromatic rings. The Bertz CT molecular complexity index is 617. The molecule has 122 valence electrons. The first kappa shape index (κ1) is 18.1. The van der Waals surface area contributed by atoms with Gasteiger partial charge >= 0.3 is 5.97 Å². The molecule has 9 heteroatoms. The van der Waals surface area contributed by atoms with Crippen LogP contribution in [0.2, 0.25) is 0 Å². The van der Waals surface area contributed by atoms with Gasteiger partial charge in [-0.05, 0) is 12.5 Å². The van der Waals surface area contributed by atoms with Gasteiger partial charge in [-0.3, -0.25) is 9.59 Å². The van der Waals surface area contributed by atoms with Crippen LogP contribution in [0.3, 0.4) is 0 Å². The lowest BCUT2D eigenvalue weighted by molar-refractivity contribution is -0.141. The van der Waals surface area contributed by atoms with E-state index in [1.165, 1.54) is 6.92 Å².